The number of benzene rings is 1. The highest BCUT2D eigenvalue weighted by Gasteiger charge is 2.52. The SMILES string of the molecule is O=C(NC12CC3CC(CC(C3)C1)C2)Oc1nn(C2CCCCC2)c2c1CCCCC2Cc1cccc(Cl)c1. The van der Waals surface area contributed by atoms with Crippen LogP contribution in [-0.2, 0) is 12.8 Å². The van der Waals surface area contributed by atoms with Gasteiger partial charge in [-0.15, -0.1) is 5.10 Å². The van der Waals surface area contributed by atoms with E-state index in [1.807, 2.05) is 6.07 Å². The summed E-state index contributed by atoms with van der Waals surface area (Å²) in [6.07, 6.45) is 18.7. The number of amides is 1. The predicted octanol–water partition coefficient (Wildman–Crippen LogP) is 8.15. The van der Waals surface area contributed by atoms with Crippen LogP contribution in [0.2, 0.25) is 5.02 Å². The van der Waals surface area contributed by atoms with Crippen molar-refractivity contribution in [3.05, 3.63) is 46.1 Å². The Morgan fingerprint density at radius 1 is 1.00 bits per heavy atom. The quantitative estimate of drug-likeness (QED) is 0.393. The molecule has 5 nitrogen and oxygen atoms in total. The summed E-state index contributed by atoms with van der Waals surface area (Å²) in [5.41, 5.74) is 3.73. The van der Waals surface area contributed by atoms with Crippen molar-refractivity contribution in [1.29, 1.82) is 0 Å². The molecule has 8 rings (SSSR count). The molecule has 2 aromatic rings. The van der Waals surface area contributed by atoms with Crippen molar-refractivity contribution in [1.82, 2.24) is 15.1 Å². The number of hydrogen-bond acceptors (Lipinski definition) is 3. The lowest BCUT2D eigenvalue weighted by Crippen LogP contribution is -2.60. The second-order valence-electron chi connectivity index (χ2n) is 13.4. The van der Waals surface area contributed by atoms with E-state index in [0.29, 0.717) is 17.8 Å². The van der Waals surface area contributed by atoms with Gasteiger partial charge in [-0.05, 0) is 112 Å². The van der Waals surface area contributed by atoms with Crippen LogP contribution < -0.4 is 10.1 Å². The third kappa shape index (κ3) is 4.89. The lowest BCUT2D eigenvalue weighted by atomic mass is 9.53. The number of carbonyl (C=O) groups is 1. The summed E-state index contributed by atoms with van der Waals surface area (Å²) >= 11 is 6.36. The van der Waals surface area contributed by atoms with Gasteiger partial charge in [0, 0.05) is 27.7 Å². The molecule has 6 heteroatoms. The molecule has 204 valence electrons. The van der Waals surface area contributed by atoms with Gasteiger partial charge in [0.1, 0.15) is 0 Å². The number of rotatable bonds is 5. The zero-order valence-electron chi connectivity index (χ0n) is 22.6. The topological polar surface area (TPSA) is 56.1 Å². The van der Waals surface area contributed by atoms with Gasteiger partial charge >= 0.3 is 6.09 Å². The first-order chi connectivity index (χ1) is 18.5. The molecule has 1 amide bonds. The van der Waals surface area contributed by atoms with E-state index in [-0.39, 0.29) is 11.6 Å². The summed E-state index contributed by atoms with van der Waals surface area (Å²) in [6, 6.07) is 8.69. The molecule has 6 aliphatic rings. The van der Waals surface area contributed by atoms with Crippen LogP contribution in [0.25, 0.3) is 0 Å². The smallest absolute Gasteiger partial charge is 0.389 e. The highest BCUT2D eigenvalue weighted by Crippen LogP contribution is 2.55. The molecule has 0 spiro atoms. The Bertz CT molecular complexity index is 1150. The summed E-state index contributed by atoms with van der Waals surface area (Å²) in [5, 5.41) is 9.32. The van der Waals surface area contributed by atoms with Gasteiger partial charge in [0.25, 0.3) is 0 Å². The molecule has 0 radical (unpaired) electrons. The van der Waals surface area contributed by atoms with Crippen molar-refractivity contribution in [2.24, 2.45) is 17.8 Å². The van der Waals surface area contributed by atoms with Crippen molar-refractivity contribution in [2.75, 3.05) is 0 Å². The van der Waals surface area contributed by atoms with E-state index in [1.54, 1.807) is 0 Å². The van der Waals surface area contributed by atoms with Crippen LogP contribution in [0.1, 0.15) is 119 Å². The summed E-state index contributed by atoms with van der Waals surface area (Å²) < 4.78 is 8.50. The fourth-order valence-electron chi connectivity index (χ4n) is 9.38. The summed E-state index contributed by atoms with van der Waals surface area (Å²) in [6.45, 7) is 0. The van der Waals surface area contributed by atoms with E-state index >= 15 is 0 Å². The van der Waals surface area contributed by atoms with Gasteiger partial charge in [-0.1, -0.05) is 49.4 Å². The Labute approximate surface area is 232 Å². The Hall–Kier alpha value is -2.01. The van der Waals surface area contributed by atoms with Crippen LogP contribution in [-0.4, -0.2) is 21.4 Å². The van der Waals surface area contributed by atoms with Crippen LogP contribution in [0.5, 0.6) is 5.88 Å². The zero-order valence-corrected chi connectivity index (χ0v) is 23.4. The van der Waals surface area contributed by atoms with Gasteiger partial charge < -0.3 is 10.1 Å². The molecule has 5 fully saturated rings. The number of nitrogens with one attached hydrogen (secondary N) is 1. The largest absolute Gasteiger partial charge is 0.414 e. The van der Waals surface area contributed by atoms with Crippen molar-refractivity contribution < 1.29 is 9.53 Å². The van der Waals surface area contributed by atoms with E-state index in [2.05, 4.69) is 28.2 Å². The number of aromatic nitrogens is 2. The Morgan fingerprint density at radius 2 is 1.71 bits per heavy atom. The monoisotopic (exact) mass is 535 g/mol. The minimum atomic E-state index is -0.279. The normalized spacial score (nSPS) is 32.6. The predicted molar refractivity (Wildman–Crippen MR) is 150 cm³/mol. The van der Waals surface area contributed by atoms with Crippen LogP contribution in [0.4, 0.5) is 4.79 Å². The Balaban J connectivity index is 1.18. The number of hydrogen-bond donors (Lipinski definition) is 1. The van der Waals surface area contributed by atoms with Crippen LogP contribution in [0.15, 0.2) is 24.3 Å². The van der Waals surface area contributed by atoms with Gasteiger partial charge in [0.15, 0.2) is 0 Å². The molecular weight excluding hydrogens is 494 g/mol. The average molecular weight is 536 g/mol. The Morgan fingerprint density at radius 3 is 2.42 bits per heavy atom. The van der Waals surface area contributed by atoms with Gasteiger partial charge in [0.2, 0.25) is 5.88 Å². The maximum Gasteiger partial charge on any atom is 0.414 e. The molecule has 0 saturated heterocycles. The second kappa shape index (κ2) is 10.2. The average Bonchev–Trinajstić information content (AvgIpc) is 3.09. The molecule has 1 unspecified atom stereocenters. The van der Waals surface area contributed by atoms with Gasteiger partial charge in [0.05, 0.1) is 6.04 Å². The molecule has 1 aromatic carbocycles. The van der Waals surface area contributed by atoms with Gasteiger partial charge in [-0.25, -0.2) is 4.79 Å². The van der Waals surface area contributed by atoms with Crippen molar-refractivity contribution >= 4 is 17.7 Å². The third-order valence-corrected chi connectivity index (χ3v) is 10.8. The first kappa shape index (κ1) is 25.0. The molecule has 1 N–H and O–H groups in total. The number of carbonyl (C=O) groups excluding carboxylic acids is 1. The van der Waals surface area contributed by atoms with E-state index in [1.165, 1.54) is 61.8 Å². The molecule has 1 heterocycles. The van der Waals surface area contributed by atoms with E-state index in [9.17, 15) is 4.79 Å². The number of halogens is 1. The van der Waals surface area contributed by atoms with Crippen LogP contribution in [0.3, 0.4) is 0 Å². The molecule has 5 saturated carbocycles. The van der Waals surface area contributed by atoms with E-state index in [0.717, 1.165) is 80.6 Å². The van der Waals surface area contributed by atoms with Crippen molar-refractivity contribution in [3.63, 3.8) is 0 Å². The van der Waals surface area contributed by atoms with E-state index in [4.69, 9.17) is 21.4 Å². The third-order valence-electron chi connectivity index (χ3n) is 10.5. The molecule has 6 aliphatic carbocycles. The Kier molecular flexibility index (Phi) is 6.70. The molecule has 0 aliphatic heterocycles. The minimum Gasteiger partial charge on any atom is -0.389 e. The zero-order chi connectivity index (χ0) is 25.7. The lowest BCUT2D eigenvalue weighted by Gasteiger charge is -2.56. The van der Waals surface area contributed by atoms with Gasteiger partial charge in [-0.2, -0.15) is 0 Å². The number of nitrogens with zero attached hydrogens (tertiary/aromatic N) is 2. The fourth-order valence-corrected chi connectivity index (χ4v) is 9.60. The first-order valence-electron chi connectivity index (χ1n) is 15.4. The van der Waals surface area contributed by atoms with Crippen LogP contribution >= 0.6 is 11.6 Å². The summed E-state index contributed by atoms with van der Waals surface area (Å²) in [7, 11) is 0. The maximum atomic E-state index is 13.5. The number of ether oxygens (including phenoxy) is 1. The van der Waals surface area contributed by atoms with Crippen molar-refractivity contribution in [3.8, 4) is 5.88 Å². The lowest BCUT2D eigenvalue weighted by molar-refractivity contribution is -0.0162. The molecule has 1 aromatic heterocycles. The minimum absolute atomic E-state index is 0.0518. The van der Waals surface area contributed by atoms with Crippen molar-refractivity contribution in [2.45, 2.75) is 120 Å². The van der Waals surface area contributed by atoms with Gasteiger partial charge in [-0.3, -0.25) is 4.68 Å². The molecule has 1 atom stereocenters. The summed E-state index contributed by atoms with van der Waals surface area (Å²) in [4.78, 5) is 13.5. The summed E-state index contributed by atoms with van der Waals surface area (Å²) in [5.74, 6) is 3.30. The molecule has 4 bridgehead atoms. The van der Waals surface area contributed by atoms with E-state index < -0.39 is 0 Å². The maximum absolute atomic E-state index is 13.5. The molecular formula is C32H42ClN3O2. The first-order valence-corrected chi connectivity index (χ1v) is 15.8. The van der Waals surface area contributed by atoms with Crippen LogP contribution in [0, 0.1) is 17.8 Å². The highest BCUT2D eigenvalue weighted by molar-refractivity contribution is 6.30. The fraction of sp³-hybridized carbons (Fsp3) is 0.688. The standard InChI is InChI=1S/C32H42ClN3O2/c33-26-9-6-7-21(17-26)16-25-8-4-5-12-28-29(25)36(27-10-2-1-3-11-27)35-30(28)38-31(37)34-32-18-22-13-23(19-32)15-24(14-22)20-32/h6-7,9,17,22-25,27H,1-5,8,10-16,18-20H2,(H,34,37). The highest BCUT2D eigenvalue weighted by atomic mass is 35.5. The molecule has 38 heavy (non-hydrogen) atoms. The second-order valence-corrected chi connectivity index (χ2v) is 13.8. The number of fused-ring (bicyclic) bond motifs is 1.